The number of halogens is 1. The molecule has 0 saturated carbocycles. The third-order valence-electron chi connectivity index (χ3n) is 1.95. The topological polar surface area (TPSA) is 57.5 Å². The van der Waals surface area contributed by atoms with Crippen LogP contribution < -0.4 is 0 Å². The quantitative estimate of drug-likeness (QED) is 0.776. The Morgan fingerprint density at radius 2 is 2.21 bits per heavy atom. The van der Waals surface area contributed by atoms with E-state index in [4.69, 9.17) is 5.11 Å². The molecule has 14 heavy (non-hydrogen) atoms. The zero-order valence-corrected chi connectivity index (χ0v) is 7.70. The Bertz CT molecular complexity index is 349. The van der Waals surface area contributed by atoms with Gasteiger partial charge in [-0.1, -0.05) is 12.1 Å². The molecule has 0 saturated heterocycles. The highest BCUT2D eigenvalue weighted by Gasteiger charge is 2.12. The van der Waals surface area contributed by atoms with E-state index < -0.39 is 24.3 Å². The fraction of sp³-hybridized carbons (Fsp3) is 0.300. The smallest absolute Gasteiger partial charge is 0.306 e. The van der Waals surface area contributed by atoms with E-state index in [0.29, 0.717) is 5.56 Å². The highest BCUT2D eigenvalue weighted by molar-refractivity contribution is 5.67. The van der Waals surface area contributed by atoms with Gasteiger partial charge in [0.1, 0.15) is 5.82 Å². The summed E-state index contributed by atoms with van der Waals surface area (Å²) in [5, 5.41) is 17.8. The number of hydrogen-bond acceptors (Lipinski definition) is 2. The molecular formula is C10H11FO3. The molecule has 4 heteroatoms. The average molecular weight is 198 g/mol. The Hall–Kier alpha value is -1.42. The van der Waals surface area contributed by atoms with E-state index in [1.54, 1.807) is 6.92 Å². The third-order valence-corrected chi connectivity index (χ3v) is 1.95. The molecule has 0 spiro atoms. The zero-order valence-electron chi connectivity index (χ0n) is 7.70. The molecule has 1 rings (SSSR count). The van der Waals surface area contributed by atoms with Crippen molar-refractivity contribution < 1.29 is 19.4 Å². The van der Waals surface area contributed by atoms with Crippen LogP contribution in [0.5, 0.6) is 0 Å². The largest absolute Gasteiger partial charge is 0.481 e. The summed E-state index contributed by atoms with van der Waals surface area (Å²) in [6.07, 6.45) is -1.56. The van der Waals surface area contributed by atoms with Gasteiger partial charge in [-0.05, 0) is 24.1 Å². The molecule has 3 nitrogen and oxygen atoms in total. The second-order valence-corrected chi connectivity index (χ2v) is 3.12. The van der Waals surface area contributed by atoms with Crippen molar-refractivity contribution in [2.45, 2.75) is 19.4 Å². The van der Waals surface area contributed by atoms with E-state index in [1.807, 2.05) is 0 Å². The van der Waals surface area contributed by atoms with Gasteiger partial charge in [-0.3, -0.25) is 4.79 Å². The standard InChI is InChI=1S/C10H11FO3/c1-6-2-3-7(4-8(6)11)9(12)5-10(13)14/h2-4,9,12H,5H2,1H3,(H,13,14)/t9-/m0/s1. The molecule has 1 atom stereocenters. The first-order valence-electron chi connectivity index (χ1n) is 4.16. The number of carbonyl (C=O) groups is 1. The summed E-state index contributed by atoms with van der Waals surface area (Å²) in [7, 11) is 0. The van der Waals surface area contributed by atoms with Gasteiger partial charge >= 0.3 is 5.97 Å². The Morgan fingerprint density at radius 3 is 2.71 bits per heavy atom. The molecule has 0 aliphatic heterocycles. The molecule has 76 valence electrons. The summed E-state index contributed by atoms with van der Waals surface area (Å²) < 4.78 is 13.0. The summed E-state index contributed by atoms with van der Waals surface area (Å²) in [5.74, 6) is -1.55. The Labute approximate surface area is 80.8 Å². The number of carboxylic acid groups (broad SMARTS) is 1. The van der Waals surface area contributed by atoms with Crippen LogP contribution in [0.2, 0.25) is 0 Å². The first-order valence-corrected chi connectivity index (χ1v) is 4.16. The second kappa shape index (κ2) is 4.19. The molecule has 0 aromatic heterocycles. The van der Waals surface area contributed by atoms with Crippen LogP contribution in [0.15, 0.2) is 18.2 Å². The van der Waals surface area contributed by atoms with Gasteiger partial charge in [0, 0.05) is 0 Å². The van der Waals surface area contributed by atoms with Gasteiger partial charge in [0.2, 0.25) is 0 Å². The predicted molar refractivity (Wildman–Crippen MR) is 48.3 cm³/mol. The molecule has 1 aromatic carbocycles. The van der Waals surface area contributed by atoms with Crippen molar-refractivity contribution in [2.24, 2.45) is 0 Å². The van der Waals surface area contributed by atoms with Crippen molar-refractivity contribution in [3.8, 4) is 0 Å². The van der Waals surface area contributed by atoms with E-state index in [1.165, 1.54) is 12.1 Å². The van der Waals surface area contributed by atoms with Crippen LogP contribution in [0.3, 0.4) is 0 Å². The normalized spacial score (nSPS) is 12.5. The third kappa shape index (κ3) is 2.53. The van der Waals surface area contributed by atoms with Crippen molar-refractivity contribution >= 4 is 5.97 Å². The minimum atomic E-state index is -1.15. The maximum atomic E-state index is 13.0. The first kappa shape index (κ1) is 10.7. The minimum Gasteiger partial charge on any atom is -0.481 e. The number of aryl methyl sites for hydroxylation is 1. The van der Waals surface area contributed by atoms with Gasteiger partial charge in [-0.2, -0.15) is 0 Å². The molecule has 0 fully saturated rings. The highest BCUT2D eigenvalue weighted by atomic mass is 19.1. The van der Waals surface area contributed by atoms with E-state index in [2.05, 4.69) is 0 Å². The van der Waals surface area contributed by atoms with Crippen molar-refractivity contribution in [1.82, 2.24) is 0 Å². The van der Waals surface area contributed by atoms with Gasteiger partial charge in [0.05, 0.1) is 12.5 Å². The van der Waals surface area contributed by atoms with Crippen LogP contribution in [-0.4, -0.2) is 16.2 Å². The number of carboxylic acids is 1. The van der Waals surface area contributed by atoms with Crippen LogP contribution in [0, 0.1) is 12.7 Å². The van der Waals surface area contributed by atoms with E-state index in [0.717, 1.165) is 6.07 Å². The Morgan fingerprint density at radius 1 is 1.57 bits per heavy atom. The fourth-order valence-electron chi connectivity index (χ4n) is 1.10. The average Bonchev–Trinajstić information content (AvgIpc) is 2.08. The number of rotatable bonds is 3. The van der Waals surface area contributed by atoms with Gasteiger partial charge in [-0.25, -0.2) is 4.39 Å². The number of aliphatic carboxylic acids is 1. The maximum Gasteiger partial charge on any atom is 0.306 e. The molecule has 0 heterocycles. The summed E-state index contributed by atoms with van der Waals surface area (Å²) in [6.45, 7) is 1.60. The zero-order chi connectivity index (χ0) is 10.7. The number of hydrogen-bond donors (Lipinski definition) is 2. The van der Waals surface area contributed by atoms with Crippen molar-refractivity contribution in [3.05, 3.63) is 35.1 Å². The Balaban J connectivity index is 2.85. The maximum absolute atomic E-state index is 13.0. The van der Waals surface area contributed by atoms with Crippen molar-refractivity contribution in [2.75, 3.05) is 0 Å². The van der Waals surface area contributed by atoms with Gasteiger partial charge in [0.15, 0.2) is 0 Å². The SMILES string of the molecule is Cc1ccc([C@@H](O)CC(=O)O)cc1F. The Kier molecular flexibility index (Phi) is 3.19. The number of aliphatic hydroxyl groups excluding tert-OH is 1. The van der Waals surface area contributed by atoms with Gasteiger partial charge in [0.25, 0.3) is 0 Å². The summed E-state index contributed by atoms with van der Waals surface area (Å²) in [5.41, 5.74) is 0.756. The lowest BCUT2D eigenvalue weighted by molar-refractivity contribution is -0.139. The van der Waals surface area contributed by atoms with Crippen LogP contribution in [0.25, 0.3) is 0 Å². The molecule has 0 aliphatic carbocycles. The van der Waals surface area contributed by atoms with Gasteiger partial charge in [-0.15, -0.1) is 0 Å². The van der Waals surface area contributed by atoms with Crippen LogP contribution >= 0.6 is 0 Å². The lowest BCUT2D eigenvalue weighted by atomic mass is 10.0. The summed E-state index contributed by atoms with van der Waals surface area (Å²) in [6, 6.07) is 4.19. The van der Waals surface area contributed by atoms with E-state index >= 15 is 0 Å². The molecular weight excluding hydrogens is 187 g/mol. The molecule has 2 N–H and O–H groups in total. The molecule has 0 amide bonds. The summed E-state index contributed by atoms with van der Waals surface area (Å²) in [4.78, 5) is 10.3. The van der Waals surface area contributed by atoms with E-state index in [-0.39, 0.29) is 5.56 Å². The van der Waals surface area contributed by atoms with E-state index in [9.17, 15) is 14.3 Å². The van der Waals surface area contributed by atoms with Crippen molar-refractivity contribution in [1.29, 1.82) is 0 Å². The van der Waals surface area contributed by atoms with Crippen LogP contribution in [0.4, 0.5) is 4.39 Å². The van der Waals surface area contributed by atoms with Crippen molar-refractivity contribution in [3.63, 3.8) is 0 Å². The fourth-order valence-corrected chi connectivity index (χ4v) is 1.10. The monoisotopic (exact) mass is 198 g/mol. The molecule has 1 aromatic rings. The van der Waals surface area contributed by atoms with Crippen LogP contribution in [-0.2, 0) is 4.79 Å². The lowest BCUT2D eigenvalue weighted by Gasteiger charge is -2.08. The second-order valence-electron chi connectivity index (χ2n) is 3.12. The molecule has 0 radical (unpaired) electrons. The predicted octanol–water partition coefficient (Wildman–Crippen LogP) is 1.64. The first-order chi connectivity index (χ1) is 6.50. The lowest BCUT2D eigenvalue weighted by Crippen LogP contribution is -2.05. The number of benzene rings is 1. The number of aliphatic hydroxyl groups is 1. The van der Waals surface area contributed by atoms with Crippen LogP contribution in [0.1, 0.15) is 23.7 Å². The van der Waals surface area contributed by atoms with Gasteiger partial charge < -0.3 is 10.2 Å². The minimum absolute atomic E-state index is 0.288. The highest BCUT2D eigenvalue weighted by Crippen LogP contribution is 2.19. The summed E-state index contributed by atoms with van der Waals surface area (Å²) >= 11 is 0. The molecule has 0 aliphatic rings. The molecule has 0 bridgehead atoms. The molecule has 0 unspecified atom stereocenters.